The van der Waals surface area contributed by atoms with Crippen LogP contribution in [0.2, 0.25) is 0 Å². The van der Waals surface area contributed by atoms with E-state index < -0.39 is 33.5 Å². The Morgan fingerprint density at radius 3 is 2.52 bits per heavy atom. The molecule has 3 unspecified atom stereocenters. The van der Waals surface area contributed by atoms with Crippen LogP contribution in [-0.4, -0.2) is 79.6 Å². The first-order chi connectivity index (χ1) is 20.8. The van der Waals surface area contributed by atoms with Gasteiger partial charge in [0.2, 0.25) is 15.9 Å². The Hall–Kier alpha value is -3.47. The molecule has 0 spiro atoms. The van der Waals surface area contributed by atoms with Crippen LogP contribution < -0.4 is 10.6 Å². The summed E-state index contributed by atoms with van der Waals surface area (Å²) >= 11 is 0. The molecule has 4 atom stereocenters. The average Bonchev–Trinajstić information content (AvgIpc) is 3.01. The highest BCUT2D eigenvalue weighted by molar-refractivity contribution is 7.88. The predicted octanol–water partition coefficient (Wildman–Crippen LogP) is 3.82. The molecule has 0 saturated carbocycles. The van der Waals surface area contributed by atoms with Crippen molar-refractivity contribution in [2.45, 2.75) is 70.7 Å². The lowest BCUT2D eigenvalue weighted by molar-refractivity contribution is -0.130. The normalized spacial score (nSPS) is 22.4. The van der Waals surface area contributed by atoms with Crippen molar-refractivity contribution in [1.82, 2.24) is 19.8 Å². The molecule has 9 nitrogen and oxygen atoms in total. The van der Waals surface area contributed by atoms with E-state index in [1.165, 1.54) is 7.05 Å². The molecule has 0 aromatic heterocycles. The topological polar surface area (TPSA) is 119 Å². The summed E-state index contributed by atoms with van der Waals surface area (Å²) in [6.07, 6.45) is 14.0. The number of benzene rings is 1. The third-order valence-electron chi connectivity index (χ3n) is 8.38. The zero-order valence-electron chi connectivity index (χ0n) is 26.6. The van der Waals surface area contributed by atoms with Crippen LogP contribution in [0, 0.1) is 5.41 Å². The number of carbonyl (C=O) groups excluding carboxylic acids is 2. The lowest BCUT2D eigenvalue weighted by Crippen LogP contribution is -2.56. The van der Waals surface area contributed by atoms with E-state index in [-0.39, 0.29) is 23.9 Å². The quantitative estimate of drug-likeness (QED) is 0.287. The number of allylic oxidation sites excluding steroid dienone is 5. The summed E-state index contributed by atoms with van der Waals surface area (Å²) < 4.78 is 26.2. The molecule has 3 N–H and O–H groups in total. The zero-order chi connectivity index (χ0) is 32.5. The number of rotatable bonds is 13. The number of carbonyl (C=O) groups is 2. The number of aliphatic hydroxyl groups excluding tert-OH is 1. The van der Waals surface area contributed by atoms with E-state index in [9.17, 15) is 23.1 Å². The second-order valence-corrected chi connectivity index (χ2v) is 14.0. The van der Waals surface area contributed by atoms with Crippen molar-refractivity contribution in [3.05, 3.63) is 95.8 Å². The van der Waals surface area contributed by atoms with Gasteiger partial charge in [0.05, 0.1) is 23.8 Å². The molecule has 1 saturated heterocycles. The summed E-state index contributed by atoms with van der Waals surface area (Å²) in [6, 6.07) is 8.73. The van der Waals surface area contributed by atoms with Crippen molar-refractivity contribution in [1.29, 1.82) is 0 Å². The number of nitrogens with zero attached hydrogens (tertiary/aromatic N) is 2. The highest BCUT2D eigenvalue weighted by Gasteiger charge is 2.41. The van der Waals surface area contributed by atoms with Gasteiger partial charge in [0.1, 0.15) is 0 Å². The number of piperidine rings is 1. The standard InChI is InChI=1S/C34H48N4O5S/c1-7-9-15-25(8-2)20-30(31(39)29-18-13-14-19-35-29)36-33(41)34(3)22-27(21-28(23-34)38(5)44(6,42)43)32(40)37(4)24-26-16-11-10-12-17-26/h7-12,15-17,21-22,29-31,35,39H,1,13-14,18-20,23-24H2,2-6H3,(H,36,41)/b15-9-,25-8+/t29?,30?,31?,34-/m0/s1. The Bertz CT molecular complexity index is 1410. The predicted molar refractivity (Wildman–Crippen MR) is 176 cm³/mol. The molecule has 2 amide bonds. The Kier molecular flexibility index (Phi) is 12.3. The van der Waals surface area contributed by atoms with Gasteiger partial charge in [-0.25, -0.2) is 8.42 Å². The summed E-state index contributed by atoms with van der Waals surface area (Å²) in [4.78, 5) is 29.4. The molecule has 0 radical (unpaired) electrons. The molecule has 1 aliphatic carbocycles. The van der Waals surface area contributed by atoms with Gasteiger partial charge in [-0.3, -0.25) is 13.9 Å². The molecule has 240 valence electrons. The summed E-state index contributed by atoms with van der Waals surface area (Å²) in [5, 5.41) is 18.0. The van der Waals surface area contributed by atoms with Gasteiger partial charge in [-0.1, -0.05) is 79.3 Å². The maximum atomic E-state index is 14.2. The maximum absolute atomic E-state index is 14.2. The van der Waals surface area contributed by atoms with Gasteiger partial charge in [-0.05, 0) is 51.3 Å². The number of nitrogens with one attached hydrogen (secondary N) is 2. The molecule has 1 aromatic carbocycles. The van der Waals surface area contributed by atoms with Gasteiger partial charge in [0, 0.05) is 44.4 Å². The van der Waals surface area contributed by atoms with Gasteiger partial charge in [-0.15, -0.1) is 0 Å². The number of amides is 2. The first-order valence-corrected chi connectivity index (χ1v) is 17.0. The Morgan fingerprint density at radius 1 is 1.23 bits per heavy atom. The zero-order valence-corrected chi connectivity index (χ0v) is 27.4. The second kappa shape index (κ2) is 15.5. The number of aliphatic hydroxyl groups is 1. The van der Waals surface area contributed by atoms with Crippen molar-refractivity contribution in [3.63, 3.8) is 0 Å². The molecule has 1 aliphatic heterocycles. The van der Waals surface area contributed by atoms with Gasteiger partial charge in [0.15, 0.2) is 0 Å². The van der Waals surface area contributed by atoms with Gasteiger partial charge >= 0.3 is 0 Å². The van der Waals surface area contributed by atoms with Crippen LogP contribution in [0.5, 0.6) is 0 Å². The van der Waals surface area contributed by atoms with Gasteiger partial charge < -0.3 is 20.6 Å². The first kappa shape index (κ1) is 35.0. The van der Waals surface area contributed by atoms with Gasteiger partial charge in [0.25, 0.3) is 5.91 Å². The Morgan fingerprint density at radius 2 is 1.93 bits per heavy atom. The molecule has 0 bridgehead atoms. The fraction of sp³-hybridized carbons (Fsp3) is 0.471. The summed E-state index contributed by atoms with van der Waals surface area (Å²) in [6.45, 7) is 8.48. The summed E-state index contributed by atoms with van der Waals surface area (Å²) in [5.74, 6) is -0.732. The molecule has 2 aliphatic rings. The smallest absolute Gasteiger partial charge is 0.253 e. The summed E-state index contributed by atoms with van der Waals surface area (Å²) in [7, 11) is -0.567. The van der Waals surface area contributed by atoms with Crippen molar-refractivity contribution >= 4 is 21.8 Å². The molecule has 44 heavy (non-hydrogen) atoms. The largest absolute Gasteiger partial charge is 0.389 e. The fourth-order valence-corrected chi connectivity index (χ4v) is 6.19. The maximum Gasteiger partial charge on any atom is 0.253 e. The average molecular weight is 625 g/mol. The number of hydrogen-bond acceptors (Lipinski definition) is 6. The van der Waals surface area contributed by atoms with E-state index in [0.717, 1.165) is 47.5 Å². The van der Waals surface area contributed by atoms with Crippen LogP contribution in [0.1, 0.15) is 51.5 Å². The first-order valence-electron chi connectivity index (χ1n) is 15.1. The van der Waals surface area contributed by atoms with Crippen LogP contribution in [0.15, 0.2) is 90.2 Å². The fourth-order valence-electron chi connectivity index (χ4n) is 5.65. The van der Waals surface area contributed by atoms with Crippen molar-refractivity contribution in [3.8, 4) is 0 Å². The molecular formula is C34H48N4O5S. The minimum absolute atomic E-state index is 0.0545. The highest BCUT2D eigenvalue weighted by atomic mass is 32.2. The minimum atomic E-state index is -3.67. The van der Waals surface area contributed by atoms with Crippen molar-refractivity contribution < 1.29 is 23.1 Å². The van der Waals surface area contributed by atoms with Gasteiger partial charge in [-0.2, -0.15) is 0 Å². The Balaban J connectivity index is 1.97. The third-order valence-corrected chi connectivity index (χ3v) is 9.61. The lowest BCUT2D eigenvalue weighted by atomic mass is 9.78. The number of hydrogen-bond donors (Lipinski definition) is 3. The van der Waals surface area contributed by atoms with Crippen molar-refractivity contribution in [2.24, 2.45) is 5.41 Å². The van der Waals surface area contributed by atoms with Crippen LogP contribution in [0.4, 0.5) is 0 Å². The van der Waals surface area contributed by atoms with Crippen molar-refractivity contribution in [2.75, 3.05) is 26.9 Å². The monoisotopic (exact) mass is 624 g/mol. The van der Waals surface area contributed by atoms with Crippen LogP contribution in [-0.2, 0) is 26.2 Å². The van der Waals surface area contributed by atoms with Crippen LogP contribution >= 0.6 is 0 Å². The molecule has 1 aromatic rings. The Labute approximate surface area is 263 Å². The minimum Gasteiger partial charge on any atom is -0.389 e. The van der Waals surface area contributed by atoms with Crippen LogP contribution in [0.25, 0.3) is 0 Å². The van der Waals surface area contributed by atoms with E-state index in [2.05, 4.69) is 17.2 Å². The number of sulfonamides is 1. The molecule has 3 rings (SSSR count). The van der Waals surface area contributed by atoms with E-state index in [1.54, 1.807) is 37.1 Å². The second-order valence-electron chi connectivity index (χ2n) is 12.0. The number of likely N-dealkylation sites (N-methyl/N-ethyl adjacent to an activating group) is 1. The summed E-state index contributed by atoms with van der Waals surface area (Å²) in [5.41, 5.74) is 1.15. The third kappa shape index (κ3) is 9.27. The van der Waals surface area contributed by atoms with E-state index in [0.29, 0.717) is 18.7 Å². The molecular weight excluding hydrogens is 576 g/mol. The lowest BCUT2D eigenvalue weighted by Gasteiger charge is -2.38. The van der Waals surface area contributed by atoms with Crippen LogP contribution in [0.3, 0.4) is 0 Å². The molecule has 10 heteroatoms. The van der Waals surface area contributed by atoms with E-state index in [4.69, 9.17) is 0 Å². The van der Waals surface area contributed by atoms with E-state index >= 15 is 0 Å². The molecule has 1 heterocycles. The SMILES string of the molecule is C=C/C=C\C(=C/C)CC(NC(=O)[C@@]1(C)C=C(C(=O)N(C)Cc2ccccc2)C=C(N(C)S(C)(=O)=O)C1)C(O)C1CCCCN1. The van der Waals surface area contributed by atoms with E-state index in [1.807, 2.05) is 55.5 Å². The highest BCUT2D eigenvalue weighted by Crippen LogP contribution is 2.37. The molecule has 1 fully saturated rings.